The lowest BCUT2D eigenvalue weighted by Gasteiger charge is -2.11. The van der Waals surface area contributed by atoms with Gasteiger partial charge >= 0.3 is 0 Å². The number of nitrogens with zero attached hydrogens (tertiary/aromatic N) is 3. The highest BCUT2D eigenvalue weighted by Gasteiger charge is 2.13. The molecular formula is C22H20N4O2S2. The molecule has 0 aliphatic carbocycles. The fraction of sp³-hybridized carbons (Fsp3) is 0.182. The van der Waals surface area contributed by atoms with Crippen molar-refractivity contribution in [3.8, 4) is 0 Å². The highest BCUT2D eigenvalue weighted by molar-refractivity contribution is 7.98. The summed E-state index contributed by atoms with van der Waals surface area (Å²) in [5, 5.41) is 8.16. The Morgan fingerprint density at radius 1 is 1.17 bits per heavy atom. The highest BCUT2D eigenvalue weighted by atomic mass is 32.2. The number of hydrogen-bond donors (Lipinski definition) is 1. The van der Waals surface area contributed by atoms with E-state index in [0.29, 0.717) is 22.0 Å². The maximum absolute atomic E-state index is 12.7. The van der Waals surface area contributed by atoms with Crippen LogP contribution in [-0.4, -0.2) is 20.5 Å². The summed E-state index contributed by atoms with van der Waals surface area (Å²) in [7, 11) is 0. The normalized spacial score (nSPS) is 11.0. The van der Waals surface area contributed by atoms with E-state index >= 15 is 0 Å². The van der Waals surface area contributed by atoms with Crippen LogP contribution < -0.4 is 10.9 Å². The number of rotatable bonds is 6. The molecule has 2 aromatic heterocycles. The van der Waals surface area contributed by atoms with Gasteiger partial charge in [0.05, 0.1) is 11.4 Å². The predicted molar refractivity (Wildman–Crippen MR) is 122 cm³/mol. The van der Waals surface area contributed by atoms with Gasteiger partial charge in [-0.15, -0.1) is 11.8 Å². The van der Waals surface area contributed by atoms with E-state index in [0.717, 1.165) is 27.6 Å². The number of nitrogens with one attached hydrogen (secondary N) is 1. The van der Waals surface area contributed by atoms with Crippen molar-refractivity contribution < 1.29 is 4.79 Å². The molecule has 152 valence electrons. The molecule has 30 heavy (non-hydrogen) atoms. The zero-order valence-electron chi connectivity index (χ0n) is 16.6. The molecule has 2 aromatic carbocycles. The molecule has 4 aromatic rings. The molecule has 0 saturated heterocycles. The third kappa shape index (κ3) is 4.29. The number of benzene rings is 2. The lowest BCUT2D eigenvalue weighted by Crippen LogP contribution is -2.15. The molecule has 0 aliphatic rings. The number of fused-ring (bicyclic) bond motifs is 1. The van der Waals surface area contributed by atoms with E-state index in [1.165, 1.54) is 33.7 Å². The number of aryl methyl sites for hydroxylation is 2. The second-order valence-corrected chi connectivity index (χ2v) is 8.74. The number of thioether (sulfide) groups is 1. The molecule has 4 rings (SSSR count). The first-order valence-corrected chi connectivity index (χ1v) is 11.3. The molecule has 0 radical (unpaired) electrons. The molecule has 0 aliphatic heterocycles. The van der Waals surface area contributed by atoms with Crippen LogP contribution in [0.3, 0.4) is 0 Å². The van der Waals surface area contributed by atoms with Crippen LogP contribution in [0.2, 0.25) is 0 Å². The van der Waals surface area contributed by atoms with Gasteiger partial charge in [0.15, 0.2) is 0 Å². The Kier molecular flexibility index (Phi) is 5.96. The van der Waals surface area contributed by atoms with Crippen molar-refractivity contribution in [1.29, 1.82) is 0 Å². The molecular weight excluding hydrogens is 416 g/mol. The summed E-state index contributed by atoms with van der Waals surface area (Å²) in [6, 6.07) is 16.7. The summed E-state index contributed by atoms with van der Waals surface area (Å²) in [5.41, 5.74) is 2.83. The van der Waals surface area contributed by atoms with E-state index in [4.69, 9.17) is 0 Å². The number of hydrogen-bond acceptors (Lipinski definition) is 6. The first-order chi connectivity index (χ1) is 14.5. The van der Waals surface area contributed by atoms with Gasteiger partial charge in [0, 0.05) is 22.3 Å². The standard InChI is InChI=1S/C22H20N4O2S2/c1-3-19-25-26-20(27)12-15(23-22(26)30-19)13-29-18-11-7-6-10-17(18)24-21(28)16-9-5-4-8-14(16)2/h4-12H,3,13H2,1-2H3,(H,24,28). The van der Waals surface area contributed by atoms with E-state index < -0.39 is 0 Å². The molecule has 0 spiro atoms. The lowest BCUT2D eigenvalue weighted by atomic mass is 10.1. The predicted octanol–water partition coefficient (Wildman–Crippen LogP) is 4.57. The smallest absolute Gasteiger partial charge is 0.275 e. The van der Waals surface area contributed by atoms with Gasteiger partial charge < -0.3 is 5.32 Å². The summed E-state index contributed by atoms with van der Waals surface area (Å²) < 4.78 is 1.36. The van der Waals surface area contributed by atoms with Crippen molar-refractivity contribution in [1.82, 2.24) is 14.6 Å². The maximum atomic E-state index is 12.7. The Morgan fingerprint density at radius 2 is 1.93 bits per heavy atom. The minimum Gasteiger partial charge on any atom is -0.321 e. The number of anilines is 1. The minimum absolute atomic E-state index is 0.143. The van der Waals surface area contributed by atoms with Gasteiger partial charge in [-0.05, 0) is 37.1 Å². The van der Waals surface area contributed by atoms with Crippen LogP contribution in [0.15, 0.2) is 64.3 Å². The molecule has 6 nitrogen and oxygen atoms in total. The van der Waals surface area contributed by atoms with Gasteiger partial charge in [0.25, 0.3) is 11.5 Å². The Hall–Kier alpha value is -2.97. The fourth-order valence-electron chi connectivity index (χ4n) is 2.98. The van der Waals surface area contributed by atoms with Gasteiger partial charge in [0.2, 0.25) is 4.96 Å². The van der Waals surface area contributed by atoms with Crippen molar-refractivity contribution >= 4 is 39.7 Å². The third-order valence-corrected chi connectivity index (χ3v) is 6.70. The highest BCUT2D eigenvalue weighted by Crippen LogP contribution is 2.30. The van der Waals surface area contributed by atoms with E-state index in [9.17, 15) is 9.59 Å². The van der Waals surface area contributed by atoms with Crippen LogP contribution in [0.4, 0.5) is 5.69 Å². The molecule has 0 fully saturated rings. The number of aromatic nitrogens is 3. The monoisotopic (exact) mass is 436 g/mol. The van der Waals surface area contributed by atoms with Crippen molar-refractivity contribution in [3.63, 3.8) is 0 Å². The Morgan fingerprint density at radius 3 is 2.73 bits per heavy atom. The Bertz CT molecular complexity index is 1280. The maximum Gasteiger partial charge on any atom is 0.275 e. The topological polar surface area (TPSA) is 76.4 Å². The molecule has 1 amide bonds. The number of carbonyl (C=O) groups excluding carboxylic acids is 1. The van der Waals surface area contributed by atoms with E-state index in [2.05, 4.69) is 15.4 Å². The van der Waals surface area contributed by atoms with Crippen molar-refractivity contribution in [2.45, 2.75) is 30.9 Å². The minimum atomic E-state index is -0.173. The first-order valence-electron chi connectivity index (χ1n) is 9.52. The molecule has 0 bridgehead atoms. The van der Waals surface area contributed by atoms with E-state index in [-0.39, 0.29) is 11.5 Å². The summed E-state index contributed by atoms with van der Waals surface area (Å²) in [4.78, 5) is 31.1. The molecule has 0 atom stereocenters. The van der Waals surface area contributed by atoms with Gasteiger partial charge in [-0.1, -0.05) is 48.6 Å². The average Bonchev–Trinajstić information content (AvgIpc) is 3.17. The largest absolute Gasteiger partial charge is 0.321 e. The first kappa shape index (κ1) is 20.3. The van der Waals surface area contributed by atoms with Gasteiger partial charge in [-0.3, -0.25) is 9.59 Å². The van der Waals surface area contributed by atoms with Gasteiger partial charge in [-0.2, -0.15) is 9.61 Å². The zero-order valence-corrected chi connectivity index (χ0v) is 18.2. The summed E-state index contributed by atoms with van der Waals surface area (Å²) >= 11 is 2.96. The van der Waals surface area contributed by atoms with Crippen molar-refractivity contribution in [2.24, 2.45) is 0 Å². The lowest BCUT2D eigenvalue weighted by molar-refractivity contribution is 0.102. The molecule has 1 N–H and O–H groups in total. The average molecular weight is 437 g/mol. The summed E-state index contributed by atoms with van der Waals surface area (Å²) in [5.74, 6) is 0.373. The van der Waals surface area contributed by atoms with Crippen molar-refractivity contribution in [2.75, 3.05) is 5.32 Å². The molecule has 0 unspecified atom stereocenters. The van der Waals surface area contributed by atoms with Crippen LogP contribution >= 0.6 is 23.1 Å². The Labute approximate surface area is 182 Å². The van der Waals surface area contributed by atoms with Crippen molar-refractivity contribution in [3.05, 3.63) is 86.8 Å². The Balaban J connectivity index is 1.53. The van der Waals surface area contributed by atoms with Crippen LogP contribution in [0.25, 0.3) is 4.96 Å². The quantitative estimate of drug-likeness (QED) is 0.448. The second-order valence-electron chi connectivity index (χ2n) is 6.68. The molecule has 2 heterocycles. The third-order valence-electron chi connectivity index (χ3n) is 4.54. The van der Waals surface area contributed by atoms with Gasteiger partial charge in [0.1, 0.15) is 5.01 Å². The number of amides is 1. The van der Waals surface area contributed by atoms with E-state index in [1.54, 1.807) is 0 Å². The molecule has 0 saturated carbocycles. The summed E-state index contributed by atoms with van der Waals surface area (Å²) in [6.45, 7) is 3.92. The van der Waals surface area contributed by atoms with Crippen LogP contribution in [0.1, 0.15) is 33.5 Å². The van der Waals surface area contributed by atoms with E-state index in [1.807, 2.05) is 62.4 Å². The van der Waals surface area contributed by atoms with Crippen LogP contribution in [0.5, 0.6) is 0 Å². The van der Waals surface area contributed by atoms with Gasteiger partial charge in [-0.25, -0.2) is 4.98 Å². The zero-order chi connectivity index (χ0) is 21.1. The number of carbonyl (C=O) groups is 1. The van der Waals surface area contributed by atoms with Crippen LogP contribution in [0, 0.1) is 6.92 Å². The fourth-order valence-corrected chi connectivity index (χ4v) is 4.74. The second kappa shape index (κ2) is 8.81. The molecule has 8 heteroatoms. The summed E-state index contributed by atoms with van der Waals surface area (Å²) in [6.07, 6.45) is 0.769. The van der Waals surface area contributed by atoms with Crippen LogP contribution in [-0.2, 0) is 12.2 Å². The number of para-hydroxylation sites is 1. The SMILES string of the molecule is CCc1nn2c(=O)cc(CSc3ccccc3NC(=O)c3ccccc3C)nc2s1.